The molecule has 0 unspecified atom stereocenters. The van der Waals surface area contributed by atoms with Crippen molar-refractivity contribution in [3.8, 4) is 0 Å². The summed E-state index contributed by atoms with van der Waals surface area (Å²) >= 11 is 2.76. The molecule has 0 bridgehead atoms. The van der Waals surface area contributed by atoms with Crippen LogP contribution in [0.1, 0.15) is 36.0 Å². The molecule has 168 valence electrons. The molecule has 3 rings (SSSR count). The number of rotatable bonds is 7. The molecule has 0 saturated carbocycles. The molecule has 1 fully saturated rings. The summed E-state index contributed by atoms with van der Waals surface area (Å²) in [6, 6.07) is 2.52. The number of guanidine groups is 1. The van der Waals surface area contributed by atoms with Gasteiger partial charge in [0.15, 0.2) is 11.7 Å². The lowest BCUT2D eigenvalue weighted by Crippen LogP contribution is -2.48. The minimum atomic E-state index is -4.38. The number of thiazole rings is 1. The Bertz CT molecular complexity index is 771. The molecule has 11 heteroatoms. The van der Waals surface area contributed by atoms with E-state index in [1.807, 2.05) is 6.92 Å². The van der Waals surface area contributed by atoms with Gasteiger partial charge in [-0.15, -0.1) is 35.3 Å². The highest BCUT2D eigenvalue weighted by atomic mass is 127. The summed E-state index contributed by atoms with van der Waals surface area (Å²) in [6.45, 7) is 6.20. The van der Waals surface area contributed by atoms with Gasteiger partial charge < -0.3 is 10.6 Å². The molecule has 2 aromatic rings. The number of alkyl halides is 3. The average Bonchev–Trinajstić information content (AvgIpc) is 3.35. The smallest absolute Gasteiger partial charge is 0.357 e. The van der Waals surface area contributed by atoms with E-state index in [-0.39, 0.29) is 24.0 Å². The monoisotopic (exact) mass is 573 g/mol. The van der Waals surface area contributed by atoms with Crippen molar-refractivity contribution in [2.75, 3.05) is 26.2 Å². The first-order chi connectivity index (χ1) is 13.9. The van der Waals surface area contributed by atoms with Gasteiger partial charge in [0.1, 0.15) is 0 Å². The number of piperidine rings is 1. The van der Waals surface area contributed by atoms with Gasteiger partial charge in [-0.2, -0.15) is 24.5 Å². The number of nitrogens with one attached hydrogen (secondary N) is 2. The van der Waals surface area contributed by atoms with Gasteiger partial charge in [-0.05, 0) is 42.2 Å². The van der Waals surface area contributed by atoms with Crippen LogP contribution in [0.25, 0.3) is 0 Å². The van der Waals surface area contributed by atoms with Crippen LogP contribution in [0.4, 0.5) is 13.2 Å². The third kappa shape index (κ3) is 7.97. The van der Waals surface area contributed by atoms with Crippen molar-refractivity contribution in [3.05, 3.63) is 38.5 Å². The molecule has 1 saturated heterocycles. The molecule has 0 radical (unpaired) electrons. The van der Waals surface area contributed by atoms with Gasteiger partial charge in [0.05, 0.1) is 5.01 Å². The first kappa shape index (κ1) is 25.3. The van der Waals surface area contributed by atoms with Crippen LogP contribution in [0, 0.1) is 0 Å². The molecule has 30 heavy (non-hydrogen) atoms. The first-order valence-corrected chi connectivity index (χ1v) is 11.6. The summed E-state index contributed by atoms with van der Waals surface area (Å²) in [5, 5.41) is 12.5. The Hall–Kier alpha value is -0.920. The second-order valence-corrected chi connectivity index (χ2v) is 8.68. The number of thiophene rings is 1. The molecule has 0 spiro atoms. The zero-order chi connectivity index (χ0) is 20.7. The Labute approximate surface area is 200 Å². The van der Waals surface area contributed by atoms with E-state index in [4.69, 9.17) is 0 Å². The molecule has 5 nitrogen and oxygen atoms in total. The summed E-state index contributed by atoms with van der Waals surface area (Å²) in [5.74, 6) is 0.719. The van der Waals surface area contributed by atoms with E-state index >= 15 is 0 Å². The molecular weight excluding hydrogens is 546 g/mol. The molecule has 2 N–H and O–H groups in total. The van der Waals surface area contributed by atoms with Gasteiger partial charge >= 0.3 is 6.18 Å². The van der Waals surface area contributed by atoms with Crippen LogP contribution < -0.4 is 10.6 Å². The molecule has 0 aromatic carbocycles. The van der Waals surface area contributed by atoms with Crippen LogP contribution in [0.3, 0.4) is 0 Å². The SMILES string of the molecule is CCNC(=NCCc1nc(C(F)(F)F)cs1)NC1CCN(Cc2ccsc2)CC1.I. The van der Waals surface area contributed by atoms with Crippen LogP contribution in [0.15, 0.2) is 27.2 Å². The Balaban J connectivity index is 0.00000320. The zero-order valence-corrected chi connectivity index (χ0v) is 20.7. The summed E-state index contributed by atoms with van der Waals surface area (Å²) in [7, 11) is 0. The predicted octanol–water partition coefficient (Wildman–Crippen LogP) is 4.60. The number of hydrogen-bond acceptors (Lipinski definition) is 5. The molecule has 0 aliphatic carbocycles. The minimum Gasteiger partial charge on any atom is -0.357 e. The van der Waals surface area contributed by atoms with Crippen molar-refractivity contribution in [1.82, 2.24) is 20.5 Å². The van der Waals surface area contributed by atoms with Gasteiger partial charge in [-0.1, -0.05) is 0 Å². The molecule has 2 aromatic heterocycles. The number of aliphatic imine (C=N–C) groups is 1. The second-order valence-electron chi connectivity index (χ2n) is 6.96. The summed E-state index contributed by atoms with van der Waals surface area (Å²) in [5.41, 5.74) is 0.549. The molecule has 1 aliphatic heterocycles. The molecule has 1 aliphatic rings. The van der Waals surface area contributed by atoms with Crippen LogP contribution in [0.2, 0.25) is 0 Å². The number of likely N-dealkylation sites (tertiary alicyclic amines) is 1. The highest BCUT2D eigenvalue weighted by Gasteiger charge is 2.33. The maximum atomic E-state index is 12.6. The highest BCUT2D eigenvalue weighted by molar-refractivity contribution is 14.0. The van der Waals surface area contributed by atoms with E-state index in [2.05, 4.69) is 42.3 Å². The number of aromatic nitrogens is 1. The van der Waals surface area contributed by atoms with Gasteiger partial charge in [0, 0.05) is 50.6 Å². The van der Waals surface area contributed by atoms with Crippen molar-refractivity contribution in [3.63, 3.8) is 0 Å². The lowest BCUT2D eigenvalue weighted by atomic mass is 10.0. The fraction of sp³-hybridized carbons (Fsp3) is 0.579. The predicted molar refractivity (Wildman–Crippen MR) is 128 cm³/mol. The molecular formula is C19H27F3IN5S2. The van der Waals surface area contributed by atoms with E-state index in [1.165, 1.54) is 5.56 Å². The second kappa shape index (κ2) is 12.2. The first-order valence-electron chi connectivity index (χ1n) is 9.74. The summed E-state index contributed by atoms with van der Waals surface area (Å²) < 4.78 is 37.9. The third-order valence-corrected chi connectivity index (χ3v) is 6.34. The zero-order valence-electron chi connectivity index (χ0n) is 16.7. The Morgan fingerprint density at radius 3 is 2.67 bits per heavy atom. The molecule has 0 amide bonds. The van der Waals surface area contributed by atoms with Crippen LogP contribution in [-0.4, -0.2) is 48.1 Å². The number of hydrogen-bond donors (Lipinski definition) is 2. The fourth-order valence-electron chi connectivity index (χ4n) is 3.21. The standard InChI is InChI=1S/C19H26F3N5S2.HI/c1-2-23-18(24-7-3-17-26-16(13-29-17)19(20,21)22)25-15-4-8-27(9-5-15)11-14-6-10-28-12-14;/h6,10,12-13,15H,2-5,7-9,11H2,1H3,(H2,23,24,25);1H. The van der Waals surface area contributed by atoms with Crippen LogP contribution in [0.5, 0.6) is 0 Å². The van der Waals surface area contributed by atoms with Crippen molar-refractivity contribution < 1.29 is 13.2 Å². The molecule has 3 heterocycles. The van der Waals surface area contributed by atoms with Gasteiger partial charge in [0.2, 0.25) is 0 Å². The maximum absolute atomic E-state index is 12.6. The van der Waals surface area contributed by atoms with Crippen molar-refractivity contribution in [1.29, 1.82) is 0 Å². The Morgan fingerprint density at radius 2 is 2.07 bits per heavy atom. The summed E-state index contributed by atoms with van der Waals surface area (Å²) in [4.78, 5) is 10.6. The van der Waals surface area contributed by atoms with Crippen molar-refractivity contribution in [2.45, 2.75) is 44.9 Å². The van der Waals surface area contributed by atoms with E-state index in [1.54, 1.807) is 11.3 Å². The van der Waals surface area contributed by atoms with Crippen molar-refractivity contribution in [2.24, 2.45) is 4.99 Å². The van der Waals surface area contributed by atoms with Gasteiger partial charge in [0.25, 0.3) is 0 Å². The van der Waals surface area contributed by atoms with E-state index in [0.717, 1.165) is 61.7 Å². The van der Waals surface area contributed by atoms with E-state index in [9.17, 15) is 13.2 Å². The lowest BCUT2D eigenvalue weighted by molar-refractivity contribution is -0.140. The van der Waals surface area contributed by atoms with Crippen molar-refractivity contribution >= 4 is 52.6 Å². The number of halogens is 4. The van der Waals surface area contributed by atoms with E-state index in [0.29, 0.717) is 24.0 Å². The Kier molecular flexibility index (Phi) is 10.3. The van der Waals surface area contributed by atoms with Gasteiger partial charge in [-0.25, -0.2) is 4.98 Å². The minimum absolute atomic E-state index is 0. The quantitative estimate of drug-likeness (QED) is 0.289. The average molecular weight is 573 g/mol. The van der Waals surface area contributed by atoms with Crippen LogP contribution in [-0.2, 0) is 19.1 Å². The van der Waals surface area contributed by atoms with Crippen LogP contribution >= 0.6 is 46.7 Å². The lowest BCUT2D eigenvalue weighted by Gasteiger charge is -2.33. The molecule has 0 atom stereocenters. The maximum Gasteiger partial charge on any atom is 0.434 e. The Morgan fingerprint density at radius 1 is 1.30 bits per heavy atom. The van der Waals surface area contributed by atoms with Gasteiger partial charge in [-0.3, -0.25) is 9.89 Å². The normalized spacial score (nSPS) is 16.3. The highest BCUT2D eigenvalue weighted by Crippen LogP contribution is 2.30. The largest absolute Gasteiger partial charge is 0.434 e. The topological polar surface area (TPSA) is 52.6 Å². The van der Waals surface area contributed by atoms with E-state index < -0.39 is 11.9 Å². The summed E-state index contributed by atoms with van der Waals surface area (Å²) in [6.07, 6.45) is -1.91. The fourth-order valence-corrected chi connectivity index (χ4v) is 4.66. The third-order valence-electron chi connectivity index (χ3n) is 4.70. The number of nitrogens with zero attached hydrogens (tertiary/aromatic N) is 3.